The molecule has 0 aromatic heterocycles. The van der Waals surface area contributed by atoms with E-state index in [1.165, 1.54) is 4.90 Å². The molecule has 2 aliphatic rings. The summed E-state index contributed by atoms with van der Waals surface area (Å²) in [5.41, 5.74) is -0.348. The van der Waals surface area contributed by atoms with Gasteiger partial charge in [0.25, 0.3) is 0 Å². The molecule has 0 bridgehead atoms. The van der Waals surface area contributed by atoms with Crippen LogP contribution in [-0.4, -0.2) is 78.5 Å². The zero-order chi connectivity index (χ0) is 14.8. The van der Waals surface area contributed by atoms with E-state index in [0.29, 0.717) is 26.2 Å². The maximum absolute atomic E-state index is 12.5. The summed E-state index contributed by atoms with van der Waals surface area (Å²) >= 11 is 0. The molecule has 0 saturated carbocycles. The predicted octanol–water partition coefficient (Wildman–Crippen LogP) is 0.393. The molecule has 7 heteroatoms. The number of urea groups is 1. The first-order valence-electron chi connectivity index (χ1n) is 6.88. The van der Waals surface area contributed by atoms with E-state index in [1.54, 1.807) is 12.0 Å². The van der Waals surface area contributed by atoms with E-state index in [2.05, 4.69) is 0 Å². The maximum Gasteiger partial charge on any atom is 0.328 e. The Labute approximate surface area is 118 Å². The molecule has 1 N–H and O–H groups in total. The van der Waals surface area contributed by atoms with Gasteiger partial charge in [-0.3, -0.25) is 0 Å². The highest BCUT2D eigenvalue weighted by molar-refractivity contribution is 5.83. The van der Waals surface area contributed by atoms with Crippen molar-refractivity contribution in [2.45, 2.75) is 31.4 Å². The minimum atomic E-state index is -1.02. The van der Waals surface area contributed by atoms with Crippen LogP contribution in [0.4, 0.5) is 4.79 Å². The van der Waals surface area contributed by atoms with Gasteiger partial charge in [0.05, 0.1) is 25.4 Å². The number of carboxylic acids is 1. The van der Waals surface area contributed by atoms with Crippen molar-refractivity contribution in [3.8, 4) is 0 Å². The Morgan fingerprint density at radius 2 is 2.15 bits per heavy atom. The number of aliphatic carboxylic acids is 1. The summed E-state index contributed by atoms with van der Waals surface area (Å²) in [5.74, 6) is -1.02. The largest absolute Gasteiger partial charge is 0.480 e. The lowest BCUT2D eigenvalue weighted by atomic mass is 9.95. The second-order valence-electron chi connectivity index (χ2n) is 5.58. The number of piperidine rings is 1. The Balaban J connectivity index is 2.07. The van der Waals surface area contributed by atoms with Crippen molar-refractivity contribution in [3.05, 3.63) is 0 Å². The number of amides is 2. The highest BCUT2D eigenvalue weighted by atomic mass is 16.5. The minimum Gasteiger partial charge on any atom is -0.480 e. The monoisotopic (exact) mass is 286 g/mol. The van der Waals surface area contributed by atoms with Gasteiger partial charge in [0, 0.05) is 20.2 Å². The number of hydrogen-bond donors (Lipinski definition) is 1. The predicted molar refractivity (Wildman–Crippen MR) is 70.6 cm³/mol. The third-order valence-corrected chi connectivity index (χ3v) is 4.08. The number of morpholine rings is 1. The van der Waals surface area contributed by atoms with Crippen molar-refractivity contribution >= 4 is 12.0 Å². The molecular formula is C13H22N2O5. The Hall–Kier alpha value is -1.34. The summed E-state index contributed by atoms with van der Waals surface area (Å²) in [6.07, 6.45) is 1.76. The van der Waals surface area contributed by atoms with Crippen molar-refractivity contribution in [2.75, 3.05) is 40.0 Å². The van der Waals surface area contributed by atoms with Gasteiger partial charge in [-0.1, -0.05) is 0 Å². The number of hydrogen-bond acceptors (Lipinski definition) is 4. The molecule has 0 aromatic carbocycles. The first kappa shape index (κ1) is 15.1. The number of methoxy groups -OCH3 is 1. The van der Waals surface area contributed by atoms with Gasteiger partial charge in [0.15, 0.2) is 6.04 Å². The van der Waals surface area contributed by atoms with Crippen LogP contribution < -0.4 is 0 Å². The van der Waals surface area contributed by atoms with Crippen LogP contribution in [0.15, 0.2) is 0 Å². The molecule has 2 rings (SSSR count). The van der Waals surface area contributed by atoms with E-state index in [9.17, 15) is 14.7 Å². The van der Waals surface area contributed by atoms with Gasteiger partial charge in [0.1, 0.15) is 0 Å². The summed E-state index contributed by atoms with van der Waals surface area (Å²) in [6.45, 7) is 3.85. The molecule has 7 nitrogen and oxygen atoms in total. The minimum absolute atomic E-state index is 0.0520. The second-order valence-corrected chi connectivity index (χ2v) is 5.58. The Morgan fingerprint density at radius 3 is 2.80 bits per heavy atom. The van der Waals surface area contributed by atoms with Crippen LogP contribution >= 0.6 is 0 Å². The SMILES string of the molecule is COC1(C)CCCN(C(=O)N2CCOCC2C(=O)O)C1. The summed E-state index contributed by atoms with van der Waals surface area (Å²) < 4.78 is 10.6. The molecule has 2 amide bonds. The lowest BCUT2D eigenvalue weighted by molar-refractivity contribution is -0.148. The molecule has 0 aromatic rings. The van der Waals surface area contributed by atoms with Gasteiger partial charge < -0.3 is 24.4 Å². The molecule has 2 aliphatic heterocycles. The van der Waals surface area contributed by atoms with E-state index < -0.39 is 12.0 Å². The molecule has 0 aliphatic carbocycles. The highest BCUT2D eigenvalue weighted by Crippen LogP contribution is 2.25. The summed E-state index contributed by atoms with van der Waals surface area (Å²) in [7, 11) is 1.64. The molecule has 2 unspecified atom stereocenters. The lowest BCUT2D eigenvalue weighted by Crippen LogP contribution is -2.59. The number of carbonyl (C=O) groups is 2. The van der Waals surface area contributed by atoms with Crippen molar-refractivity contribution in [2.24, 2.45) is 0 Å². The number of ether oxygens (including phenoxy) is 2. The van der Waals surface area contributed by atoms with Crippen LogP contribution in [0.5, 0.6) is 0 Å². The van der Waals surface area contributed by atoms with E-state index in [1.807, 2.05) is 6.92 Å². The summed E-state index contributed by atoms with van der Waals surface area (Å²) in [5, 5.41) is 9.19. The van der Waals surface area contributed by atoms with Crippen LogP contribution in [0.3, 0.4) is 0 Å². The van der Waals surface area contributed by atoms with Crippen LogP contribution in [0.25, 0.3) is 0 Å². The van der Waals surface area contributed by atoms with Crippen molar-refractivity contribution < 1.29 is 24.2 Å². The molecule has 2 saturated heterocycles. The van der Waals surface area contributed by atoms with Gasteiger partial charge in [-0.25, -0.2) is 9.59 Å². The first-order chi connectivity index (χ1) is 9.47. The standard InChI is InChI=1S/C13H22N2O5/c1-13(19-2)4-3-5-14(9-13)12(18)15-6-7-20-8-10(15)11(16)17/h10H,3-9H2,1-2H3,(H,16,17). The highest BCUT2D eigenvalue weighted by Gasteiger charge is 2.39. The Kier molecular flexibility index (Phi) is 4.49. The lowest BCUT2D eigenvalue weighted by Gasteiger charge is -2.43. The molecule has 2 heterocycles. The van der Waals surface area contributed by atoms with Crippen LogP contribution in [-0.2, 0) is 14.3 Å². The average molecular weight is 286 g/mol. The van der Waals surface area contributed by atoms with Gasteiger partial charge >= 0.3 is 12.0 Å². The molecule has 20 heavy (non-hydrogen) atoms. The van der Waals surface area contributed by atoms with E-state index >= 15 is 0 Å². The fraction of sp³-hybridized carbons (Fsp3) is 0.846. The zero-order valence-electron chi connectivity index (χ0n) is 12.0. The summed E-state index contributed by atoms with van der Waals surface area (Å²) in [6, 6.07) is -1.13. The fourth-order valence-corrected chi connectivity index (χ4v) is 2.75. The molecule has 2 fully saturated rings. The third kappa shape index (κ3) is 3.04. The van der Waals surface area contributed by atoms with Crippen molar-refractivity contribution in [1.29, 1.82) is 0 Å². The van der Waals surface area contributed by atoms with Crippen molar-refractivity contribution in [3.63, 3.8) is 0 Å². The molecular weight excluding hydrogens is 264 g/mol. The molecule has 0 radical (unpaired) electrons. The van der Waals surface area contributed by atoms with E-state index in [-0.39, 0.29) is 18.2 Å². The first-order valence-corrected chi connectivity index (χ1v) is 6.88. The quantitative estimate of drug-likeness (QED) is 0.794. The van der Waals surface area contributed by atoms with Crippen LogP contribution in [0.1, 0.15) is 19.8 Å². The molecule has 2 atom stereocenters. The molecule has 114 valence electrons. The van der Waals surface area contributed by atoms with Gasteiger partial charge in [-0.15, -0.1) is 0 Å². The van der Waals surface area contributed by atoms with Gasteiger partial charge in [-0.05, 0) is 19.8 Å². The van der Waals surface area contributed by atoms with E-state index in [4.69, 9.17) is 9.47 Å². The second kappa shape index (κ2) is 5.97. The van der Waals surface area contributed by atoms with E-state index in [0.717, 1.165) is 12.8 Å². The maximum atomic E-state index is 12.5. The van der Waals surface area contributed by atoms with Crippen LogP contribution in [0.2, 0.25) is 0 Å². The smallest absolute Gasteiger partial charge is 0.328 e. The topological polar surface area (TPSA) is 79.3 Å². The Morgan fingerprint density at radius 1 is 1.40 bits per heavy atom. The third-order valence-electron chi connectivity index (χ3n) is 4.08. The van der Waals surface area contributed by atoms with Gasteiger partial charge in [-0.2, -0.15) is 0 Å². The fourth-order valence-electron chi connectivity index (χ4n) is 2.75. The zero-order valence-corrected chi connectivity index (χ0v) is 12.0. The summed E-state index contributed by atoms with van der Waals surface area (Å²) in [4.78, 5) is 26.9. The van der Waals surface area contributed by atoms with Gasteiger partial charge in [0.2, 0.25) is 0 Å². The molecule has 0 spiro atoms. The number of rotatable bonds is 2. The number of carboxylic acid groups (broad SMARTS) is 1. The van der Waals surface area contributed by atoms with Crippen LogP contribution in [0, 0.1) is 0 Å². The number of likely N-dealkylation sites (tertiary alicyclic amines) is 1. The average Bonchev–Trinajstić information content (AvgIpc) is 2.46. The Bertz CT molecular complexity index is 389. The number of nitrogens with zero attached hydrogens (tertiary/aromatic N) is 2. The normalized spacial score (nSPS) is 31.2. The van der Waals surface area contributed by atoms with Crippen molar-refractivity contribution in [1.82, 2.24) is 9.80 Å². The number of carbonyl (C=O) groups excluding carboxylic acids is 1.